The van der Waals surface area contributed by atoms with E-state index in [1.54, 1.807) is 0 Å². The minimum atomic E-state index is -4.75. The maximum absolute atomic E-state index is 11.7. The first kappa shape index (κ1) is 8.50. The van der Waals surface area contributed by atoms with Gasteiger partial charge in [0.1, 0.15) is 0 Å². The summed E-state index contributed by atoms with van der Waals surface area (Å²) in [7, 11) is 0. The van der Waals surface area contributed by atoms with Gasteiger partial charge in [0.05, 0.1) is 0 Å². The first-order valence-corrected chi connectivity index (χ1v) is 2.62. The molecule has 0 aliphatic heterocycles. The van der Waals surface area contributed by atoms with Gasteiger partial charge in [-0.1, -0.05) is 5.16 Å². The van der Waals surface area contributed by atoms with Gasteiger partial charge < -0.3 is 10.3 Å². The molecular formula is C4H2F3N3O2. The van der Waals surface area contributed by atoms with Crippen molar-refractivity contribution < 1.29 is 22.5 Å². The highest BCUT2D eigenvalue weighted by Gasteiger charge is 2.38. The van der Waals surface area contributed by atoms with Crippen molar-refractivity contribution in [3.63, 3.8) is 0 Å². The molecule has 2 N–H and O–H groups in total. The molecule has 1 rings (SSSR count). The van der Waals surface area contributed by atoms with E-state index in [0.29, 0.717) is 0 Å². The molecule has 12 heavy (non-hydrogen) atoms. The number of carbonyl (C=O) groups excluding carboxylic acids is 1. The van der Waals surface area contributed by atoms with E-state index >= 15 is 0 Å². The highest BCUT2D eigenvalue weighted by atomic mass is 19.4. The van der Waals surface area contributed by atoms with E-state index in [1.165, 1.54) is 0 Å². The second-order valence-corrected chi connectivity index (χ2v) is 1.79. The fourth-order valence-corrected chi connectivity index (χ4v) is 0.439. The fraction of sp³-hybridized carbons (Fsp3) is 0.250. The van der Waals surface area contributed by atoms with Crippen molar-refractivity contribution in [2.24, 2.45) is 5.73 Å². The normalized spacial score (nSPS) is 11.6. The van der Waals surface area contributed by atoms with Gasteiger partial charge in [0.2, 0.25) is 0 Å². The number of hydrogen-bond acceptors (Lipinski definition) is 4. The summed E-state index contributed by atoms with van der Waals surface area (Å²) in [5, 5.41) is 2.70. The zero-order valence-corrected chi connectivity index (χ0v) is 5.42. The maximum Gasteiger partial charge on any atom is 0.471 e. The Morgan fingerprint density at radius 1 is 1.50 bits per heavy atom. The van der Waals surface area contributed by atoms with Crippen LogP contribution in [-0.4, -0.2) is 16.0 Å². The van der Waals surface area contributed by atoms with Gasteiger partial charge in [-0.2, -0.15) is 18.2 Å². The van der Waals surface area contributed by atoms with Crippen molar-refractivity contribution in [3.05, 3.63) is 11.7 Å². The van der Waals surface area contributed by atoms with E-state index < -0.39 is 23.8 Å². The molecule has 0 saturated carbocycles. The molecule has 0 aromatic carbocycles. The van der Waals surface area contributed by atoms with Gasteiger partial charge in [-0.05, 0) is 0 Å². The Morgan fingerprint density at radius 2 is 2.08 bits per heavy atom. The molecule has 1 aromatic heterocycles. The molecular weight excluding hydrogens is 179 g/mol. The lowest BCUT2D eigenvalue weighted by atomic mass is 10.6. The molecule has 0 unspecified atom stereocenters. The summed E-state index contributed by atoms with van der Waals surface area (Å²) in [6.07, 6.45) is -4.75. The average molecular weight is 181 g/mol. The summed E-state index contributed by atoms with van der Waals surface area (Å²) in [6, 6.07) is 0. The average Bonchev–Trinajstić information content (AvgIpc) is 2.30. The number of hydrogen-bond donors (Lipinski definition) is 1. The number of nitrogens with zero attached hydrogens (tertiary/aromatic N) is 2. The third-order valence-electron chi connectivity index (χ3n) is 0.889. The molecule has 8 heteroatoms. The summed E-state index contributed by atoms with van der Waals surface area (Å²) in [4.78, 5) is 12.9. The zero-order valence-electron chi connectivity index (χ0n) is 5.42. The van der Waals surface area contributed by atoms with Crippen molar-refractivity contribution in [2.75, 3.05) is 0 Å². The van der Waals surface area contributed by atoms with Gasteiger partial charge in [0.25, 0.3) is 11.7 Å². The van der Waals surface area contributed by atoms with Crippen LogP contribution in [0.15, 0.2) is 4.52 Å². The Labute approximate surface area is 63.3 Å². The van der Waals surface area contributed by atoms with Crippen LogP contribution in [0.4, 0.5) is 13.2 Å². The largest absolute Gasteiger partial charge is 0.471 e. The molecule has 0 radical (unpaired) electrons. The lowest BCUT2D eigenvalue weighted by molar-refractivity contribution is -0.159. The van der Waals surface area contributed by atoms with Gasteiger partial charge in [-0.25, -0.2) is 0 Å². The molecule has 0 atom stereocenters. The van der Waals surface area contributed by atoms with Gasteiger partial charge in [-0.15, -0.1) is 0 Å². The van der Waals surface area contributed by atoms with E-state index in [1.807, 2.05) is 0 Å². The second-order valence-electron chi connectivity index (χ2n) is 1.79. The molecule has 0 spiro atoms. The van der Waals surface area contributed by atoms with Crippen LogP contribution in [0.3, 0.4) is 0 Å². The number of halogens is 3. The Kier molecular flexibility index (Phi) is 1.75. The Balaban J connectivity index is 3.00. The number of primary amides is 1. The maximum atomic E-state index is 11.7. The van der Waals surface area contributed by atoms with Crippen LogP contribution in [0, 0.1) is 0 Å². The van der Waals surface area contributed by atoms with Crippen molar-refractivity contribution in [3.8, 4) is 0 Å². The second kappa shape index (κ2) is 2.47. The van der Waals surface area contributed by atoms with Gasteiger partial charge in [0, 0.05) is 0 Å². The van der Waals surface area contributed by atoms with Gasteiger partial charge >= 0.3 is 12.1 Å². The van der Waals surface area contributed by atoms with Crippen LogP contribution in [0.1, 0.15) is 16.5 Å². The van der Waals surface area contributed by atoms with Gasteiger partial charge in [-0.3, -0.25) is 4.79 Å². The van der Waals surface area contributed by atoms with E-state index in [2.05, 4.69) is 20.4 Å². The Bertz CT molecular complexity index is 305. The summed E-state index contributed by atoms with van der Waals surface area (Å²) < 4.78 is 38.9. The van der Waals surface area contributed by atoms with E-state index in [9.17, 15) is 18.0 Å². The quantitative estimate of drug-likeness (QED) is 0.670. The summed E-state index contributed by atoms with van der Waals surface area (Å²) in [5.74, 6) is -3.55. The summed E-state index contributed by atoms with van der Waals surface area (Å²) >= 11 is 0. The third kappa shape index (κ3) is 1.52. The topological polar surface area (TPSA) is 82.0 Å². The minimum Gasteiger partial charge on any atom is -0.363 e. The van der Waals surface area contributed by atoms with E-state index in [4.69, 9.17) is 0 Å². The zero-order chi connectivity index (χ0) is 9.35. The smallest absolute Gasteiger partial charge is 0.363 e. The molecule has 0 bridgehead atoms. The summed E-state index contributed by atoms with van der Waals surface area (Å²) in [6.45, 7) is 0. The highest BCUT2D eigenvalue weighted by Crippen LogP contribution is 2.26. The molecule has 0 aliphatic carbocycles. The number of alkyl halides is 3. The first-order chi connectivity index (χ1) is 5.41. The lowest BCUT2D eigenvalue weighted by Crippen LogP contribution is -2.13. The van der Waals surface area contributed by atoms with Crippen LogP contribution in [0.2, 0.25) is 0 Å². The van der Waals surface area contributed by atoms with Crippen LogP contribution in [0.25, 0.3) is 0 Å². The van der Waals surface area contributed by atoms with Crippen LogP contribution >= 0.6 is 0 Å². The van der Waals surface area contributed by atoms with Crippen molar-refractivity contribution in [2.45, 2.75) is 6.18 Å². The Hall–Kier alpha value is -1.60. The SMILES string of the molecule is NC(=O)c1noc(C(F)(F)F)n1. The number of amides is 1. The van der Waals surface area contributed by atoms with Crippen molar-refractivity contribution in [1.82, 2.24) is 10.1 Å². The molecule has 5 nitrogen and oxygen atoms in total. The molecule has 66 valence electrons. The molecule has 0 saturated heterocycles. The number of aromatic nitrogens is 2. The Morgan fingerprint density at radius 3 is 2.33 bits per heavy atom. The van der Waals surface area contributed by atoms with Crippen molar-refractivity contribution in [1.29, 1.82) is 0 Å². The number of nitrogens with two attached hydrogens (primary N) is 1. The molecule has 0 aliphatic rings. The third-order valence-corrected chi connectivity index (χ3v) is 0.889. The van der Waals surface area contributed by atoms with Crippen LogP contribution < -0.4 is 5.73 Å². The predicted octanol–water partition coefficient (Wildman–Crippen LogP) is 0.187. The van der Waals surface area contributed by atoms with Crippen LogP contribution in [-0.2, 0) is 6.18 Å². The molecule has 1 aromatic rings. The van der Waals surface area contributed by atoms with E-state index in [-0.39, 0.29) is 0 Å². The molecule has 1 amide bonds. The number of carbonyl (C=O) groups is 1. The minimum absolute atomic E-state index is 0.790. The molecule has 1 heterocycles. The van der Waals surface area contributed by atoms with Crippen LogP contribution in [0.5, 0.6) is 0 Å². The lowest BCUT2D eigenvalue weighted by Gasteiger charge is -1.95. The fourth-order valence-electron chi connectivity index (χ4n) is 0.439. The highest BCUT2D eigenvalue weighted by molar-refractivity contribution is 5.88. The van der Waals surface area contributed by atoms with E-state index in [0.717, 1.165) is 0 Å². The summed E-state index contributed by atoms with van der Waals surface area (Å²) in [5.41, 5.74) is 4.58. The predicted molar refractivity (Wildman–Crippen MR) is 27.8 cm³/mol. The first-order valence-electron chi connectivity index (χ1n) is 2.62. The van der Waals surface area contributed by atoms with Crippen molar-refractivity contribution >= 4 is 5.91 Å². The van der Waals surface area contributed by atoms with Gasteiger partial charge in [0.15, 0.2) is 0 Å². The molecule has 0 fully saturated rings. The number of rotatable bonds is 1. The monoisotopic (exact) mass is 181 g/mol. The standard InChI is InChI=1S/C4H2F3N3O2/c5-4(6,7)3-9-2(1(8)11)10-12-3/h(H2,8,11).